The van der Waals surface area contributed by atoms with E-state index >= 15 is 0 Å². The van der Waals surface area contributed by atoms with Gasteiger partial charge < -0.3 is 4.74 Å². The van der Waals surface area contributed by atoms with Crippen LogP contribution in [0.15, 0.2) is 95.2 Å². The Morgan fingerprint density at radius 1 is 0.906 bits per heavy atom. The van der Waals surface area contributed by atoms with Gasteiger partial charge in [-0.1, -0.05) is 24.3 Å². The third kappa shape index (κ3) is 3.58. The van der Waals surface area contributed by atoms with Gasteiger partial charge in [-0.15, -0.1) is 0 Å². The highest BCUT2D eigenvalue weighted by Crippen LogP contribution is 2.38. The molecule has 2 heterocycles. The number of hydrogen-bond donors (Lipinski definition) is 0. The van der Waals surface area contributed by atoms with Gasteiger partial charge in [-0.3, -0.25) is 9.97 Å². The van der Waals surface area contributed by atoms with E-state index in [-0.39, 0.29) is 4.90 Å². The first kappa shape index (κ1) is 20.1. The molecule has 7 nitrogen and oxygen atoms in total. The SMILES string of the molecule is COc1ccc(C2=NN(S(=O)(=O)c3ccccc3)C(c3ccc4nccnc4c3)C2)cc1. The van der Waals surface area contributed by atoms with Crippen molar-refractivity contribution in [3.05, 3.63) is 96.3 Å². The molecule has 0 saturated carbocycles. The minimum atomic E-state index is -3.86. The van der Waals surface area contributed by atoms with Crippen molar-refractivity contribution >= 4 is 26.8 Å². The van der Waals surface area contributed by atoms with Crippen molar-refractivity contribution in [3.8, 4) is 5.75 Å². The molecule has 5 rings (SSSR count). The van der Waals surface area contributed by atoms with Crippen LogP contribution in [0.4, 0.5) is 0 Å². The minimum absolute atomic E-state index is 0.199. The normalized spacial score (nSPS) is 16.2. The predicted octanol–water partition coefficient (Wildman–Crippen LogP) is 4.18. The van der Waals surface area contributed by atoms with Gasteiger partial charge in [0.1, 0.15) is 5.75 Å². The highest BCUT2D eigenvalue weighted by Gasteiger charge is 2.37. The molecule has 0 N–H and O–H groups in total. The van der Waals surface area contributed by atoms with Crippen LogP contribution in [0.2, 0.25) is 0 Å². The van der Waals surface area contributed by atoms with E-state index in [1.54, 1.807) is 49.8 Å². The molecule has 32 heavy (non-hydrogen) atoms. The molecule has 0 fully saturated rings. The summed E-state index contributed by atoms with van der Waals surface area (Å²) in [4.78, 5) is 8.88. The molecule has 160 valence electrons. The van der Waals surface area contributed by atoms with Gasteiger partial charge in [-0.25, -0.2) is 0 Å². The van der Waals surface area contributed by atoms with E-state index in [1.165, 1.54) is 4.41 Å². The van der Waals surface area contributed by atoms with Crippen molar-refractivity contribution in [1.29, 1.82) is 0 Å². The first-order valence-corrected chi connectivity index (χ1v) is 11.5. The first-order valence-electron chi connectivity index (χ1n) is 10.1. The second kappa shape index (κ2) is 8.05. The van der Waals surface area contributed by atoms with Crippen LogP contribution >= 0.6 is 0 Å². The summed E-state index contributed by atoms with van der Waals surface area (Å²) in [7, 11) is -2.25. The molecule has 0 spiro atoms. The van der Waals surface area contributed by atoms with Crippen LogP contribution < -0.4 is 4.74 Å². The molecule has 1 atom stereocenters. The molecule has 3 aromatic carbocycles. The number of hydrazone groups is 1. The molecule has 1 unspecified atom stereocenters. The molecule has 0 aliphatic carbocycles. The number of rotatable bonds is 5. The number of benzene rings is 3. The van der Waals surface area contributed by atoms with Crippen molar-refractivity contribution in [1.82, 2.24) is 14.4 Å². The van der Waals surface area contributed by atoms with E-state index < -0.39 is 16.1 Å². The van der Waals surface area contributed by atoms with Crippen LogP contribution in [0.25, 0.3) is 11.0 Å². The maximum atomic E-state index is 13.5. The monoisotopic (exact) mass is 444 g/mol. The molecule has 0 saturated heterocycles. The number of fused-ring (bicyclic) bond motifs is 1. The van der Waals surface area contributed by atoms with Gasteiger partial charge in [0.25, 0.3) is 10.0 Å². The van der Waals surface area contributed by atoms with Crippen LogP contribution in [0.5, 0.6) is 5.75 Å². The highest BCUT2D eigenvalue weighted by molar-refractivity contribution is 7.89. The lowest BCUT2D eigenvalue weighted by Crippen LogP contribution is -2.27. The number of sulfonamides is 1. The Labute approximate surface area is 186 Å². The number of methoxy groups -OCH3 is 1. The summed E-state index contributed by atoms with van der Waals surface area (Å²) in [6.45, 7) is 0. The summed E-state index contributed by atoms with van der Waals surface area (Å²) in [6, 6.07) is 21.0. The quantitative estimate of drug-likeness (QED) is 0.461. The largest absolute Gasteiger partial charge is 0.497 e. The van der Waals surface area contributed by atoms with Crippen molar-refractivity contribution in [2.24, 2.45) is 5.10 Å². The summed E-state index contributed by atoms with van der Waals surface area (Å²) in [5.41, 5.74) is 3.81. The second-order valence-electron chi connectivity index (χ2n) is 7.39. The molecule has 0 amide bonds. The smallest absolute Gasteiger partial charge is 0.279 e. The summed E-state index contributed by atoms with van der Waals surface area (Å²) in [5.74, 6) is 0.728. The third-order valence-electron chi connectivity index (χ3n) is 5.46. The van der Waals surface area contributed by atoms with Gasteiger partial charge in [0.2, 0.25) is 0 Å². The zero-order valence-electron chi connectivity index (χ0n) is 17.3. The fourth-order valence-electron chi connectivity index (χ4n) is 3.80. The standard InChI is InChI=1S/C24H20N4O3S/c1-31-19-10-7-17(8-11-19)22-16-24(18-9-12-21-23(15-18)26-14-13-25-21)28(27-22)32(29,30)20-5-3-2-4-6-20/h2-15,24H,16H2,1H3. The first-order chi connectivity index (χ1) is 15.6. The van der Waals surface area contributed by atoms with Crippen LogP contribution in [0, 0.1) is 0 Å². The van der Waals surface area contributed by atoms with E-state index in [0.717, 1.165) is 22.4 Å². The van der Waals surface area contributed by atoms with E-state index in [0.29, 0.717) is 17.6 Å². The number of aromatic nitrogens is 2. The molecule has 1 aliphatic heterocycles. The van der Waals surface area contributed by atoms with Crippen LogP contribution in [-0.4, -0.2) is 35.6 Å². The Balaban J connectivity index is 1.60. The molecule has 1 aromatic heterocycles. The average molecular weight is 445 g/mol. The van der Waals surface area contributed by atoms with E-state index in [9.17, 15) is 8.42 Å². The molecule has 0 bridgehead atoms. The lowest BCUT2D eigenvalue weighted by atomic mass is 9.98. The number of nitrogens with zero attached hydrogens (tertiary/aromatic N) is 4. The maximum Gasteiger partial charge on any atom is 0.279 e. The molecular formula is C24H20N4O3S. The topological polar surface area (TPSA) is 84.8 Å². The fourth-order valence-corrected chi connectivity index (χ4v) is 5.26. The van der Waals surface area contributed by atoms with E-state index in [4.69, 9.17) is 4.74 Å². The summed E-state index contributed by atoms with van der Waals surface area (Å²) in [5, 5.41) is 4.58. The average Bonchev–Trinajstić information content (AvgIpc) is 3.31. The van der Waals surface area contributed by atoms with E-state index in [1.807, 2.05) is 42.5 Å². The Bertz CT molecular complexity index is 1400. The van der Waals surface area contributed by atoms with Gasteiger partial charge in [-0.2, -0.15) is 17.9 Å². The van der Waals surface area contributed by atoms with Gasteiger partial charge in [-0.05, 0) is 59.7 Å². The Morgan fingerprint density at radius 2 is 1.62 bits per heavy atom. The highest BCUT2D eigenvalue weighted by atomic mass is 32.2. The zero-order valence-corrected chi connectivity index (χ0v) is 18.1. The van der Waals surface area contributed by atoms with Gasteiger partial charge in [0.05, 0.1) is 34.8 Å². The van der Waals surface area contributed by atoms with Gasteiger partial charge in [0, 0.05) is 18.8 Å². The van der Waals surface area contributed by atoms with Crippen molar-refractivity contribution in [3.63, 3.8) is 0 Å². The Kier molecular flexibility index (Phi) is 5.07. The summed E-state index contributed by atoms with van der Waals surface area (Å²) < 4.78 is 33.5. The predicted molar refractivity (Wildman–Crippen MR) is 122 cm³/mol. The summed E-state index contributed by atoms with van der Waals surface area (Å²) >= 11 is 0. The number of hydrogen-bond acceptors (Lipinski definition) is 6. The minimum Gasteiger partial charge on any atom is -0.497 e. The van der Waals surface area contributed by atoms with Gasteiger partial charge >= 0.3 is 0 Å². The fraction of sp³-hybridized carbons (Fsp3) is 0.125. The maximum absolute atomic E-state index is 13.5. The molecule has 4 aromatic rings. The Hall–Kier alpha value is -3.78. The molecule has 8 heteroatoms. The molecular weight excluding hydrogens is 424 g/mol. The third-order valence-corrected chi connectivity index (χ3v) is 7.16. The zero-order chi connectivity index (χ0) is 22.1. The van der Waals surface area contributed by atoms with Crippen molar-refractivity contribution < 1.29 is 13.2 Å². The summed E-state index contributed by atoms with van der Waals surface area (Å²) in [6.07, 6.45) is 3.69. The lowest BCUT2D eigenvalue weighted by molar-refractivity contribution is 0.371. The van der Waals surface area contributed by atoms with Crippen molar-refractivity contribution in [2.45, 2.75) is 17.4 Å². The molecule has 0 radical (unpaired) electrons. The molecule has 1 aliphatic rings. The van der Waals surface area contributed by atoms with Crippen LogP contribution in [-0.2, 0) is 10.0 Å². The van der Waals surface area contributed by atoms with Crippen LogP contribution in [0.1, 0.15) is 23.6 Å². The van der Waals surface area contributed by atoms with Crippen LogP contribution in [0.3, 0.4) is 0 Å². The second-order valence-corrected chi connectivity index (χ2v) is 9.19. The van der Waals surface area contributed by atoms with Crippen molar-refractivity contribution in [2.75, 3.05) is 7.11 Å². The number of ether oxygens (including phenoxy) is 1. The Morgan fingerprint density at radius 3 is 2.34 bits per heavy atom. The van der Waals surface area contributed by atoms with E-state index in [2.05, 4.69) is 15.1 Å². The van der Waals surface area contributed by atoms with Gasteiger partial charge in [0.15, 0.2) is 0 Å². The lowest BCUT2D eigenvalue weighted by Gasteiger charge is -2.23.